The van der Waals surface area contributed by atoms with E-state index >= 15 is 0 Å². The maximum absolute atomic E-state index is 11.7. The van der Waals surface area contributed by atoms with Crippen LogP contribution < -0.4 is 0 Å². The summed E-state index contributed by atoms with van der Waals surface area (Å²) in [4.78, 5) is 11.7. The Balaban J connectivity index is 2.18. The molecule has 0 N–H and O–H groups in total. The highest BCUT2D eigenvalue weighted by Crippen LogP contribution is 2.33. The van der Waals surface area contributed by atoms with Crippen molar-refractivity contribution in [2.75, 3.05) is 0 Å². The predicted molar refractivity (Wildman–Crippen MR) is 79.8 cm³/mol. The van der Waals surface area contributed by atoms with E-state index in [1.165, 1.54) is 27.5 Å². The van der Waals surface area contributed by atoms with E-state index in [0.29, 0.717) is 30.5 Å². The summed E-state index contributed by atoms with van der Waals surface area (Å²) < 4.78 is 0. The van der Waals surface area contributed by atoms with E-state index in [-0.39, 0.29) is 0 Å². The zero-order valence-corrected chi connectivity index (χ0v) is 11.9. The van der Waals surface area contributed by atoms with Crippen molar-refractivity contribution < 1.29 is 4.79 Å². The van der Waals surface area contributed by atoms with Gasteiger partial charge in [-0.2, -0.15) is 0 Å². The van der Waals surface area contributed by atoms with Gasteiger partial charge in [-0.3, -0.25) is 4.79 Å². The van der Waals surface area contributed by atoms with E-state index in [1.54, 1.807) is 0 Å². The molecule has 0 aliphatic heterocycles. The van der Waals surface area contributed by atoms with Crippen molar-refractivity contribution in [3.05, 3.63) is 47.0 Å². The average Bonchev–Trinajstić information content (AvgIpc) is 2.36. The van der Waals surface area contributed by atoms with E-state index in [4.69, 9.17) is 0 Å². The lowest BCUT2D eigenvalue weighted by Gasteiger charge is -2.22. The summed E-state index contributed by atoms with van der Waals surface area (Å²) >= 11 is 0. The lowest BCUT2D eigenvalue weighted by Crippen LogP contribution is -2.16. The number of ketones is 1. The van der Waals surface area contributed by atoms with Gasteiger partial charge in [0.15, 0.2) is 0 Å². The molecule has 3 rings (SSSR count). The van der Waals surface area contributed by atoms with E-state index in [2.05, 4.69) is 51.1 Å². The number of Topliss-reactive ketones (excluding diaryl/α,β-unsaturated/α-hetero) is 1. The SMILES string of the molecule is CC(C)c1ccc2cc3c(cc2c1)C(C)CC(=O)C3. The van der Waals surface area contributed by atoms with Gasteiger partial charge in [-0.1, -0.05) is 51.1 Å². The molecular weight excluding hydrogens is 232 g/mol. The smallest absolute Gasteiger partial charge is 0.137 e. The maximum atomic E-state index is 11.7. The normalized spacial score (nSPS) is 18.9. The van der Waals surface area contributed by atoms with Crippen LogP contribution in [0.3, 0.4) is 0 Å². The van der Waals surface area contributed by atoms with Gasteiger partial charge >= 0.3 is 0 Å². The van der Waals surface area contributed by atoms with Crippen LogP contribution in [0.15, 0.2) is 30.3 Å². The van der Waals surface area contributed by atoms with E-state index in [9.17, 15) is 4.79 Å². The van der Waals surface area contributed by atoms with Crippen LogP contribution in [0.1, 0.15) is 55.7 Å². The van der Waals surface area contributed by atoms with Crippen LogP contribution in [0.5, 0.6) is 0 Å². The first-order chi connectivity index (χ1) is 9.04. The fraction of sp³-hybridized carbons (Fsp3) is 0.389. The van der Waals surface area contributed by atoms with Crippen LogP contribution in [0, 0.1) is 0 Å². The highest BCUT2D eigenvalue weighted by molar-refractivity contribution is 5.90. The van der Waals surface area contributed by atoms with Crippen LogP contribution in [0.4, 0.5) is 0 Å². The van der Waals surface area contributed by atoms with Gasteiger partial charge < -0.3 is 0 Å². The van der Waals surface area contributed by atoms with Crippen molar-refractivity contribution in [2.24, 2.45) is 0 Å². The quantitative estimate of drug-likeness (QED) is 0.726. The second kappa shape index (κ2) is 4.48. The average molecular weight is 252 g/mol. The number of carbonyl (C=O) groups excluding carboxylic acids is 1. The van der Waals surface area contributed by atoms with Gasteiger partial charge in [-0.25, -0.2) is 0 Å². The molecule has 0 spiro atoms. The molecule has 0 amide bonds. The maximum Gasteiger partial charge on any atom is 0.137 e. The topological polar surface area (TPSA) is 17.1 Å². The van der Waals surface area contributed by atoms with Crippen molar-refractivity contribution in [3.8, 4) is 0 Å². The second-order valence-electron chi connectivity index (χ2n) is 6.13. The van der Waals surface area contributed by atoms with Crippen LogP contribution in [-0.4, -0.2) is 5.78 Å². The lowest BCUT2D eigenvalue weighted by atomic mass is 9.81. The van der Waals surface area contributed by atoms with E-state index < -0.39 is 0 Å². The Kier molecular flexibility index (Phi) is 2.93. The summed E-state index contributed by atoms with van der Waals surface area (Å²) in [7, 11) is 0. The Labute approximate surface area is 114 Å². The van der Waals surface area contributed by atoms with Crippen LogP contribution in [-0.2, 0) is 11.2 Å². The molecule has 1 aliphatic carbocycles. The third-order valence-electron chi connectivity index (χ3n) is 4.24. The minimum Gasteiger partial charge on any atom is -0.299 e. The van der Waals surface area contributed by atoms with Crippen molar-refractivity contribution in [3.63, 3.8) is 0 Å². The Hall–Kier alpha value is -1.63. The zero-order valence-electron chi connectivity index (χ0n) is 11.9. The summed E-state index contributed by atoms with van der Waals surface area (Å²) in [6.07, 6.45) is 1.31. The Morgan fingerprint density at radius 3 is 2.63 bits per heavy atom. The van der Waals surface area contributed by atoms with Crippen molar-refractivity contribution >= 4 is 16.6 Å². The van der Waals surface area contributed by atoms with Crippen LogP contribution >= 0.6 is 0 Å². The molecule has 1 unspecified atom stereocenters. The van der Waals surface area contributed by atoms with Crippen molar-refractivity contribution in [1.82, 2.24) is 0 Å². The minimum absolute atomic E-state index is 0.364. The molecule has 1 nitrogen and oxygen atoms in total. The number of benzene rings is 2. The third-order valence-corrected chi connectivity index (χ3v) is 4.24. The Morgan fingerprint density at radius 2 is 1.89 bits per heavy atom. The summed E-state index contributed by atoms with van der Waals surface area (Å²) in [5, 5.41) is 2.57. The lowest BCUT2D eigenvalue weighted by molar-refractivity contribution is -0.119. The first-order valence-corrected chi connectivity index (χ1v) is 7.13. The summed E-state index contributed by atoms with van der Waals surface area (Å²) in [6.45, 7) is 6.61. The molecule has 1 aliphatic rings. The molecule has 0 saturated heterocycles. The molecule has 0 bridgehead atoms. The van der Waals surface area contributed by atoms with E-state index in [1.807, 2.05) is 0 Å². The Morgan fingerprint density at radius 1 is 1.11 bits per heavy atom. The van der Waals surface area contributed by atoms with Crippen LogP contribution in [0.25, 0.3) is 10.8 Å². The zero-order chi connectivity index (χ0) is 13.6. The number of fused-ring (bicyclic) bond motifs is 2. The molecule has 98 valence electrons. The summed E-state index contributed by atoms with van der Waals surface area (Å²) in [5.41, 5.74) is 3.98. The predicted octanol–water partition coefficient (Wildman–Crippen LogP) is 4.58. The number of rotatable bonds is 1. The molecule has 2 aromatic carbocycles. The molecule has 0 radical (unpaired) electrons. The summed E-state index contributed by atoms with van der Waals surface area (Å²) in [5.74, 6) is 1.29. The number of carbonyl (C=O) groups is 1. The molecule has 0 aromatic heterocycles. The number of hydrogen-bond donors (Lipinski definition) is 0. The van der Waals surface area contributed by atoms with Gasteiger partial charge in [0.1, 0.15) is 5.78 Å². The molecule has 1 atom stereocenters. The minimum atomic E-state index is 0.364. The Bertz CT molecular complexity index is 652. The molecule has 2 aromatic rings. The highest BCUT2D eigenvalue weighted by atomic mass is 16.1. The van der Waals surface area contributed by atoms with Gasteiger partial charge in [-0.15, -0.1) is 0 Å². The fourth-order valence-electron chi connectivity index (χ4n) is 3.09. The van der Waals surface area contributed by atoms with Gasteiger partial charge in [-0.05, 0) is 39.3 Å². The fourth-order valence-corrected chi connectivity index (χ4v) is 3.09. The number of hydrogen-bond acceptors (Lipinski definition) is 1. The largest absolute Gasteiger partial charge is 0.299 e. The molecule has 1 heteroatoms. The van der Waals surface area contributed by atoms with Gasteiger partial charge in [0, 0.05) is 12.8 Å². The first kappa shape index (κ1) is 12.4. The molecule has 0 heterocycles. The van der Waals surface area contributed by atoms with Gasteiger partial charge in [0.05, 0.1) is 0 Å². The second-order valence-corrected chi connectivity index (χ2v) is 6.13. The van der Waals surface area contributed by atoms with E-state index in [0.717, 1.165) is 0 Å². The van der Waals surface area contributed by atoms with Crippen LogP contribution in [0.2, 0.25) is 0 Å². The van der Waals surface area contributed by atoms with Gasteiger partial charge in [0.2, 0.25) is 0 Å². The highest BCUT2D eigenvalue weighted by Gasteiger charge is 2.22. The molecule has 0 saturated carbocycles. The van der Waals surface area contributed by atoms with Crippen molar-refractivity contribution in [1.29, 1.82) is 0 Å². The van der Waals surface area contributed by atoms with Gasteiger partial charge in [0.25, 0.3) is 0 Å². The third kappa shape index (κ3) is 2.18. The summed E-state index contributed by atoms with van der Waals surface area (Å²) in [6, 6.07) is 11.2. The molecule has 19 heavy (non-hydrogen) atoms. The molecule has 0 fully saturated rings. The standard InChI is InChI=1S/C18H20O/c1-11(2)13-4-5-14-8-16-9-17(19)6-12(3)18(16)10-15(14)7-13/h4-5,7-8,10-12H,6,9H2,1-3H3. The molecular formula is C18H20O. The van der Waals surface area contributed by atoms with Crippen molar-refractivity contribution in [2.45, 2.75) is 45.4 Å². The monoisotopic (exact) mass is 252 g/mol. The first-order valence-electron chi connectivity index (χ1n) is 7.13.